The molecule has 0 saturated carbocycles. The molecular weight excluding hydrogens is 497 g/mol. The number of halogens is 2. The molecule has 0 saturated heterocycles. The number of aromatic hydroxyl groups is 1. The van der Waals surface area contributed by atoms with Gasteiger partial charge in [-0.3, -0.25) is 0 Å². The number of phenolic OH excluding ortho intramolecular Hbond substituents is 1. The van der Waals surface area contributed by atoms with Crippen molar-refractivity contribution in [1.29, 1.82) is 0 Å². The lowest BCUT2D eigenvalue weighted by atomic mass is 10.0. The molecule has 6 nitrogen and oxygen atoms in total. The van der Waals surface area contributed by atoms with Crippen LogP contribution < -0.4 is 16.4 Å². The summed E-state index contributed by atoms with van der Waals surface area (Å²) in [6, 6.07) is 18.8. The van der Waals surface area contributed by atoms with Crippen LogP contribution >= 0.6 is 23.2 Å². The highest BCUT2D eigenvalue weighted by Crippen LogP contribution is 2.31. The zero-order chi connectivity index (χ0) is 26.2. The predicted molar refractivity (Wildman–Crippen MR) is 148 cm³/mol. The predicted octanol–water partition coefficient (Wildman–Crippen LogP) is 4.79. The highest BCUT2D eigenvalue weighted by atomic mass is 35.5. The van der Waals surface area contributed by atoms with Gasteiger partial charge < -0.3 is 31.7 Å². The first kappa shape index (κ1) is 28.3. The molecule has 0 spiro atoms. The Kier molecular flexibility index (Phi) is 10.4. The third-order valence-corrected chi connectivity index (χ3v) is 6.82. The summed E-state index contributed by atoms with van der Waals surface area (Å²) in [4.78, 5) is 0. The van der Waals surface area contributed by atoms with Crippen molar-refractivity contribution in [2.75, 3.05) is 18.8 Å². The second kappa shape index (κ2) is 13.3. The fraction of sp³-hybridized carbons (Fsp3) is 0.357. The van der Waals surface area contributed by atoms with Crippen molar-refractivity contribution in [3.05, 3.63) is 93.0 Å². The topological polar surface area (TPSA) is 111 Å². The molecule has 8 heteroatoms. The molecule has 3 unspecified atom stereocenters. The van der Waals surface area contributed by atoms with E-state index in [0.29, 0.717) is 34.4 Å². The maximum Gasteiger partial charge on any atom is 0.115 e. The molecule has 194 valence electrons. The van der Waals surface area contributed by atoms with Gasteiger partial charge in [-0.2, -0.15) is 0 Å². The van der Waals surface area contributed by atoms with E-state index in [1.54, 1.807) is 36.4 Å². The summed E-state index contributed by atoms with van der Waals surface area (Å²) < 4.78 is 0. The zero-order valence-electron chi connectivity index (χ0n) is 20.6. The third-order valence-electron chi connectivity index (χ3n) is 6.19. The van der Waals surface area contributed by atoms with Crippen LogP contribution in [-0.4, -0.2) is 40.5 Å². The summed E-state index contributed by atoms with van der Waals surface area (Å²) >= 11 is 12.2. The highest BCUT2D eigenvalue weighted by Gasteiger charge is 2.14. The Hall–Kier alpha value is -2.32. The number of hydrogen-bond acceptors (Lipinski definition) is 6. The van der Waals surface area contributed by atoms with Gasteiger partial charge in [0.1, 0.15) is 5.75 Å². The fourth-order valence-electron chi connectivity index (χ4n) is 4.02. The summed E-state index contributed by atoms with van der Waals surface area (Å²) in [5.74, 6) is 0.187. The maximum absolute atomic E-state index is 10.5. The largest absolute Gasteiger partial charge is 0.508 e. The number of phenols is 1. The monoisotopic (exact) mass is 531 g/mol. The summed E-state index contributed by atoms with van der Waals surface area (Å²) in [6.07, 6.45) is 0.293. The maximum atomic E-state index is 10.5. The van der Waals surface area contributed by atoms with E-state index >= 15 is 0 Å². The van der Waals surface area contributed by atoms with Crippen LogP contribution in [0.4, 0.5) is 5.69 Å². The normalized spacial score (nSPS) is 14.8. The number of nitrogens with two attached hydrogens (primary N) is 1. The molecule has 3 rings (SSSR count). The van der Waals surface area contributed by atoms with Crippen LogP contribution in [0.1, 0.15) is 48.3 Å². The van der Waals surface area contributed by atoms with Gasteiger partial charge >= 0.3 is 0 Å². The second-order valence-electron chi connectivity index (χ2n) is 9.36. The summed E-state index contributed by atoms with van der Waals surface area (Å²) in [5.41, 5.74) is 9.90. The number of anilines is 1. The fourth-order valence-corrected chi connectivity index (χ4v) is 4.52. The number of aliphatic hydroxyl groups excluding tert-OH is 2. The van der Waals surface area contributed by atoms with Crippen LogP contribution in [0.2, 0.25) is 10.0 Å². The van der Waals surface area contributed by atoms with Crippen molar-refractivity contribution in [2.45, 2.75) is 51.0 Å². The Bertz CT molecular complexity index is 1090. The Labute approximate surface area is 223 Å². The molecule has 0 radical (unpaired) electrons. The highest BCUT2D eigenvalue weighted by molar-refractivity contribution is 6.38. The van der Waals surface area contributed by atoms with E-state index in [1.165, 1.54) is 11.1 Å². The Morgan fingerprint density at radius 1 is 0.722 bits per heavy atom. The average molecular weight is 533 g/mol. The van der Waals surface area contributed by atoms with Crippen molar-refractivity contribution in [2.24, 2.45) is 0 Å². The lowest BCUT2D eigenvalue weighted by Gasteiger charge is -2.19. The number of nitrogens with one attached hydrogen (secondary N) is 2. The van der Waals surface area contributed by atoms with E-state index < -0.39 is 12.2 Å². The smallest absolute Gasteiger partial charge is 0.115 e. The van der Waals surface area contributed by atoms with Crippen molar-refractivity contribution in [3.8, 4) is 5.75 Å². The van der Waals surface area contributed by atoms with E-state index in [-0.39, 0.29) is 17.8 Å². The van der Waals surface area contributed by atoms with Crippen LogP contribution in [-0.2, 0) is 12.8 Å². The number of benzene rings is 3. The molecule has 4 atom stereocenters. The molecule has 0 heterocycles. The van der Waals surface area contributed by atoms with E-state index in [1.807, 2.05) is 0 Å². The molecule has 7 N–H and O–H groups in total. The number of nitrogen functional groups attached to an aromatic ring is 1. The van der Waals surface area contributed by atoms with Crippen molar-refractivity contribution >= 4 is 28.9 Å². The molecule has 36 heavy (non-hydrogen) atoms. The van der Waals surface area contributed by atoms with Gasteiger partial charge in [0.05, 0.1) is 27.9 Å². The lowest BCUT2D eigenvalue weighted by molar-refractivity contribution is 0.170. The second-order valence-corrected chi connectivity index (χ2v) is 10.2. The van der Waals surface area contributed by atoms with Crippen molar-refractivity contribution in [1.82, 2.24) is 10.6 Å². The molecule has 0 aliphatic heterocycles. The first-order valence-corrected chi connectivity index (χ1v) is 12.8. The quantitative estimate of drug-likeness (QED) is 0.187. The molecular formula is C28H35Cl2N3O3. The molecule has 3 aromatic carbocycles. The molecule has 0 aliphatic rings. The van der Waals surface area contributed by atoms with E-state index in [4.69, 9.17) is 28.9 Å². The Morgan fingerprint density at radius 2 is 1.14 bits per heavy atom. The average Bonchev–Trinajstić information content (AvgIpc) is 2.85. The van der Waals surface area contributed by atoms with Crippen LogP contribution in [0.15, 0.2) is 60.7 Å². The van der Waals surface area contributed by atoms with E-state index in [0.717, 1.165) is 18.4 Å². The van der Waals surface area contributed by atoms with E-state index in [9.17, 15) is 15.3 Å². The third kappa shape index (κ3) is 8.37. The van der Waals surface area contributed by atoms with Gasteiger partial charge in [0, 0.05) is 25.2 Å². The summed E-state index contributed by atoms with van der Waals surface area (Å²) in [5, 5.41) is 37.6. The Morgan fingerprint density at radius 3 is 1.58 bits per heavy atom. The minimum atomic E-state index is -0.744. The van der Waals surface area contributed by atoms with Gasteiger partial charge in [-0.15, -0.1) is 0 Å². The number of hydrogen-bond donors (Lipinski definition) is 6. The van der Waals surface area contributed by atoms with Crippen LogP contribution in [0.5, 0.6) is 5.75 Å². The van der Waals surface area contributed by atoms with Gasteiger partial charge in [0.15, 0.2) is 0 Å². The first-order chi connectivity index (χ1) is 17.1. The summed E-state index contributed by atoms with van der Waals surface area (Å²) in [6.45, 7) is 4.98. The molecule has 0 amide bonds. The number of rotatable bonds is 12. The summed E-state index contributed by atoms with van der Waals surface area (Å²) in [7, 11) is 0. The minimum absolute atomic E-state index is 0.159. The molecule has 0 bridgehead atoms. The SMILES string of the molecule is CC(Cc1ccc(CC(C)NC[C@H](O)c2ccc(O)cc2)cc1)NCC(O)c1cc(Cl)c(N)c(Cl)c1. The van der Waals surface area contributed by atoms with E-state index in [2.05, 4.69) is 48.7 Å². The zero-order valence-corrected chi connectivity index (χ0v) is 22.1. The van der Waals surface area contributed by atoms with Crippen LogP contribution in [0.25, 0.3) is 0 Å². The van der Waals surface area contributed by atoms with Gasteiger partial charge in [0.25, 0.3) is 0 Å². The minimum Gasteiger partial charge on any atom is -0.508 e. The van der Waals surface area contributed by atoms with Gasteiger partial charge in [-0.25, -0.2) is 0 Å². The van der Waals surface area contributed by atoms with Gasteiger partial charge in [-0.1, -0.05) is 59.6 Å². The number of aliphatic hydroxyl groups is 2. The molecule has 0 aromatic heterocycles. The first-order valence-electron chi connectivity index (χ1n) is 12.1. The molecule has 3 aromatic rings. The van der Waals surface area contributed by atoms with Crippen LogP contribution in [0, 0.1) is 0 Å². The molecule has 0 fully saturated rings. The van der Waals surface area contributed by atoms with Crippen LogP contribution in [0.3, 0.4) is 0 Å². The molecule has 0 aliphatic carbocycles. The van der Waals surface area contributed by atoms with Gasteiger partial charge in [-0.05, 0) is 73.2 Å². The van der Waals surface area contributed by atoms with Crippen molar-refractivity contribution < 1.29 is 15.3 Å². The standard InChI is InChI=1S/C28H35Cl2N3O3/c1-17(32-15-26(35)21-7-9-23(34)10-8-21)11-19-3-5-20(6-4-19)12-18(2)33-16-27(36)22-13-24(29)28(31)25(30)14-22/h3-10,13-14,17-18,26-27,32-36H,11-12,15-16,31H2,1-2H3/t17?,18?,26-,27?/m0/s1. The van der Waals surface area contributed by atoms with Crippen molar-refractivity contribution in [3.63, 3.8) is 0 Å². The van der Waals surface area contributed by atoms with Gasteiger partial charge in [0.2, 0.25) is 0 Å². The lowest BCUT2D eigenvalue weighted by Crippen LogP contribution is -2.32. The Balaban J connectivity index is 1.42.